The molecular formula is C20H24F3N7OS. The Balaban J connectivity index is 1.49. The highest BCUT2D eigenvalue weighted by atomic mass is 32.1. The molecule has 8 nitrogen and oxygen atoms in total. The summed E-state index contributed by atoms with van der Waals surface area (Å²) in [6, 6.07) is 0. The van der Waals surface area contributed by atoms with Crippen LogP contribution in [0.2, 0.25) is 0 Å². The number of aromatic nitrogens is 5. The molecule has 2 aliphatic heterocycles. The van der Waals surface area contributed by atoms with Crippen molar-refractivity contribution in [3.05, 3.63) is 28.7 Å². The first-order valence-corrected chi connectivity index (χ1v) is 11.6. The fourth-order valence-electron chi connectivity index (χ4n) is 4.39. The molecule has 5 rings (SSSR count). The molecule has 2 saturated heterocycles. The molecule has 1 unspecified atom stereocenters. The van der Waals surface area contributed by atoms with Gasteiger partial charge in [-0.1, -0.05) is 0 Å². The van der Waals surface area contributed by atoms with Gasteiger partial charge in [-0.3, -0.25) is 4.90 Å². The second-order valence-electron chi connectivity index (χ2n) is 8.22. The quantitative estimate of drug-likeness (QED) is 0.571. The van der Waals surface area contributed by atoms with Crippen LogP contribution >= 0.6 is 11.3 Å². The molecule has 5 heterocycles. The Kier molecular flexibility index (Phi) is 5.99. The SMILES string of the molecule is FC(F)(F)Cn1cnc2c(N3CCOCC3)nc(C3CCCN(Cc4cscn4)C3)nc21. The predicted octanol–water partition coefficient (Wildman–Crippen LogP) is 3.06. The Morgan fingerprint density at radius 2 is 1.97 bits per heavy atom. The molecule has 0 N–H and O–H groups in total. The first kappa shape index (κ1) is 21.5. The van der Waals surface area contributed by atoms with Gasteiger partial charge in [-0.25, -0.2) is 19.9 Å². The zero-order chi connectivity index (χ0) is 22.1. The molecule has 0 aliphatic carbocycles. The normalized spacial score (nSPS) is 20.8. The van der Waals surface area contributed by atoms with Crippen LogP contribution in [0.1, 0.15) is 30.3 Å². The standard InChI is InChI=1S/C20H24F3N7OS/c21-20(22,23)11-30-12-24-16-18(29-4-6-31-7-5-29)26-17(27-19(16)30)14-2-1-3-28(8-14)9-15-10-32-13-25-15/h10,12-14H,1-9,11H2. The fraction of sp³-hybridized carbons (Fsp3) is 0.600. The van der Waals surface area contributed by atoms with E-state index in [1.165, 1.54) is 6.33 Å². The van der Waals surface area contributed by atoms with Gasteiger partial charge in [0, 0.05) is 37.5 Å². The number of piperidine rings is 1. The van der Waals surface area contributed by atoms with E-state index in [9.17, 15) is 13.2 Å². The average Bonchev–Trinajstić information content (AvgIpc) is 3.43. The molecule has 1 atom stereocenters. The summed E-state index contributed by atoms with van der Waals surface area (Å²) in [6.45, 7) is 3.69. The third-order valence-electron chi connectivity index (χ3n) is 5.86. The van der Waals surface area contributed by atoms with Crippen molar-refractivity contribution in [3.63, 3.8) is 0 Å². The van der Waals surface area contributed by atoms with Gasteiger partial charge in [0.1, 0.15) is 12.4 Å². The van der Waals surface area contributed by atoms with Gasteiger partial charge in [-0.15, -0.1) is 11.3 Å². The maximum absolute atomic E-state index is 13.2. The van der Waals surface area contributed by atoms with E-state index >= 15 is 0 Å². The number of anilines is 1. The number of imidazole rings is 1. The number of hydrogen-bond acceptors (Lipinski definition) is 8. The molecule has 0 radical (unpaired) electrons. The first-order valence-electron chi connectivity index (χ1n) is 10.7. The molecule has 2 fully saturated rings. The van der Waals surface area contributed by atoms with Gasteiger partial charge >= 0.3 is 6.18 Å². The smallest absolute Gasteiger partial charge is 0.378 e. The van der Waals surface area contributed by atoms with Gasteiger partial charge in [-0.05, 0) is 19.4 Å². The number of ether oxygens (including phenoxy) is 1. The maximum Gasteiger partial charge on any atom is 0.406 e. The molecule has 0 spiro atoms. The summed E-state index contributed by atoms with van der Waals surface area (Å²) in [5, 5.41) is 2.04. The van der Waals surface area contributed by atoms with Gasteiger partial charge < -0.3 is 14.2 Å². The first-order chi connectivity index (χ1) is 15.5. The summed E-state index contributed by atoms with van der Waals surface area (Å²) in [5.41, 5.74) is 3.51. The number of nitrogens with zero attached hydrogens (tertiary/aromatic N) is 7. The van der Waals surface area contributed by atoms with E-state index < -0.39 is 12.7 Å². The predicted molar refractivity (Wildman–Crippen MR) is 114 cm³/mol. The molecule has 172 valence electrons. The molecule has 3 aromatic rings. The van der Waals surface area contributed by atoms with Crippen LogP contribution in [0, 0.1) is 0 Å². The molecule has 0 aromatic carbocycles. The average molecular weight is 468 g/mol. The largest absolute Gasteiger partial charge is 0.406 e. The van der Waals surface area contributed by atoms with E-state index in [4.69, 9.17) is 9.72 Å². The number of thiazole rings is 1. The monoisotopic (exact) mass is 467 g/mol. The molecule has 0 bridgehead atoms. The van der Waals surface area contributed by atoms with Crippen molar-refractivity contribution in [1.29, 1.82) is 0 Å². The number of rotatable bonds is 5. The third-order valence-corrected chi connectivity index (χ3v) is 6.50. The zero-order valence-electron chi connectivity index (χ0n) is 17.5. The van der Waals surface area contributed by atoms with Crippen LogP contribution in [-0.2, 0) is 17.8 Å². The molecule has 0 saturated carbocycles. The summed E-state index contributed by atoms with van der Waals surface area (Å²) in [5.74, 6) is 1.23. The number of morpholine rings is 1. The van der Waals surface area contributed by atoms with Gasteiger partial charge in [-0.2, -0.15) is 13.2 Å². The van der Waals surface area contributed by atoms with Crippen molar-refractivity contribution in [2.45, 2.75) is 38.0 Å². The van der Waals surface area contributed by atoms with Crippen LogP contribution in [0.5, 0.6) is 0 Å². The second-order valence-corrected chi connectivity index (χ2v) is 8.94. The maximum atomic E-state index is 13.2. The van der Waals surface area contributed by atoms with E-state index in [1.807, 2.05) is 15.8 Å². The number of fused-ring (bicyclic) bond motifs is 1. The fourth-order valence-corrected chi connectivity index (χ4v) is 4.94. The molecule has 12 heteroatoms. The lowest BCUT2D eigenvalue weighted by molar-refractivity contribution is -0.140. The highest BCUT2D eigenvalue weighted by Gasteiger charge is 2.31. The van der Waals surface area contributed by atoms with E-state index in [0.717, 1.165) is 42.7 Å². The number of hydrogen-bond donors (Lipinski definition) is 0. The van der Waals surface area contributed by atoms with Crippen molar-refractivity contribution >= 4 is 28.3 Å². The van der Waals surface area contributed by atoms with Crippen LogP contribution in [-0.4, -0.2) is 75.0 Å². The molecule has 3 aromatic heterocycles. The summed E-state index contributed by atoms with van der Waals surface area (Å²) in [4.78, 5) is 22.5. The molecular weight excluding hydrogens is 443 g/mol. The Hall–Kier alpha value is -2.31. The minimum Gasteiger partial charge on any atom is -0.378 e. The van der Waals surface area contributed by atoms with Crippen molar-refractivity contribution in [1.82, 2.24) is 29.4 Å². The third kappa shape index (κ3) is 4.71. The Labute approximate surface area is 187 Å². The molecule has 0 amide bonds. The summed E-state index contributed by atoms with van der Waals surface area (Å²) < 4.78 is 46.0. The summed E-state index contributed by atoms with van der Waals surface area (Å²) in [7, 11) is 0. The number of halogens is 3. The van der Waals surface area contributed by atoms with E-state index in [0.29, 0.717) is 43.5 Å². The lowest BCUT2D eigenvalue weighted by atomic mass is 9.97. The number of likely N-dealkylation sites (tertiary alicyclic amines) is 1. The van der Waals surface area contributed by atoms with Crippen LogP contribution in [0.15, 0.2) is 17.2 Å². The van der Waals surface area contributed by atoms with Gasteiger partial charge in [0.25, 0.3) is 0 Å². The summed E-state index contributed by atoms with van der Waals surface area (Å²) in [6.07, 6.45) is -1.26. The zero-order valence-corrected chi connectivity index (χ0v) is 18.3. The summed E-state index contributed by atoms with van der Waals surface area (Å²) >= 11 is 1.57. The number of alkyl halides is 3. The Morgan fingerprint density at radius 3 is 2.72 bits per heavy atom. The van der Waals surface area contributed by atoms with Crippen molar-refractivity contribution in [3.8, 4) is 0 Å². The lowest BCUT2D eigenvalue weighted by Gasteiger charge is -2.32. The van der Waals surface area contributed by atoms with Crippen LogP contribution in [0.3, 0.4) is 0 Å². The second kappa shape index (κ2) is 8.91. The molecule has 32 heavy (non-hydrogen) atoms. The van der Waals surface area contributed by atoms with E-state index in [1.54, 1.807) is 11.3 Å². The van der Waals surface area contributed by atoms with Crippen LogP contribution in [0.4, 0.5) is 19.0 Å². The Bertz CT molecular complexity index is 1050. The minimum atomic E-state index is -4.35. The highest BCUT2D eigenvalue weighted by molar-refractivity contribution is 7.07. The van der Waals surface area contributed by atoms with Crippen LogP contribution in [0.25, 0.3) is 11.2 Å². The highest BCUT2D eigenvalue weighted by Crippen LogP contribution is 2.31. The van der Waals surface area contributed by atoms with Crippen molar-refractivity contribution in [2.24, 2.45) is 0 Å². The topological polar surface area (TPSA) is 72.2 Å². The van der Waals surface area contributed by atoms with Gasteiger partial charge in [0.15, 0.2) is 17.0 Å². The Morgan fingerprint density at radius 1 is 1.12 bits per heavy atom. The minimum absolute atomic E-state index is 0.0424. The van der Waals surface area contributed by atoms with Gasteiger partial charge in [0.2, 0.25) is 0 Å². The van der Waals surface area contributed by atoms with Crippen LogP contribution < -0.4 is 4.90 Å². The van der Waals surface area contributed by atoms with Crippen molar-refractivity contribution < 1.29 is 17.9 Å². The van der Waals surface area contributed by atoms with Crippen molar-refractivity contribution in [2.75, 3.05) is 44.3 Å². The van der Waals surface area contributed by atoms with Gasteiger partial charge in [0.05, 0.1) is 30.7 Å². The lowest BCUT2D eigenvalue weighted by Crippen LogP contribution is -2.38. The van der Waals surface area contributed by atoms with E-state index in [-0.39, 0.29) is 11.6 Å². The van der Waals surface area contributed by atoms with E-state index in [2.05, 4.69) is 19.9 Å². The molecule has 2 aliphatic rings.